The highest BCUT2D eigenvalue weighted by Crippen LogP contribution is 2.61. The maximum atomic E-state index is 11.1. The van der Waals surface area contributed by atoms with Crippen LogP contribution in [-0.2, 0) is 5.41 Å². The van der Waals surface area contributed by atoms with Gasteiger partial charge in [0.25, 0.3) is 0 Å². The fraction of sp³-hybridized carbons (Fsp3) is 0.692. The van der Waals surface area contributed by atoms with Crippen LogP contribution in [0, 0.1) is 29.6 Å². The van der Waals surface area contributed by atoms with Crippen LogP contribution in [0.2, 0.25) is 0 Å². The van der Waals surface area contributed by atoms with Crippen molar-refractivity contribution in [3.05, 3.63) is 35.4 Å². The summed E-state index contributed by atoms with van der Waals surface area (Å²) in [6.45, 7) is 4.08. The van der Waals surface area contributed by atoms with E-state index < -0.39 is 0 Å². The molecular formula is C26H36O4. The summed E-state index contributed by atoms with van der Waals surface area (Å²) in [5.41, 5.74) is 2.57. The highest BCUT2D eigenvalue weighted by Gasteiger charge is 2.52. The molecule has 4 bridgehead atoms. The second-order valence-electron chi connectivity index (χ2n) is 11.0. The van der Waals surface area contributed by atoms with Gasteiger partial charge in [0, 0.05) is 12.2 Å². The average molecular weight is 413 g/mol. The Kier molecular flexibility index (Phi) is 5.14. The van der Waals surface area contributed by atoms with Crippen LogP contribution in [0.4, 0.5) is 0 Å². The maximum Gasteiger partial charge on any atom is 0.123 e. The number of rotatable bonds is 5. The van der Waals surface area contributed by atoms with Gasteiger partial charge in [0.1, 0.15) is 11.5 Å². The van der Waals surface area contributed by atoms with Gasteiger partial charge in [-0.2, -0.15) is 0 Å². The molecule has 4 N–H and O–H groups in total. The minimum atomic E-state index is -0.124. The van der Waals surface area contributed by atoms with Gasteiger partial charge in [-0.1, -0.05) is 6.58 Å². The Morgan fingerprint density at radius 2 is 1.47 bits per heavy atom. The summed E-state index contributed by atoms with van der Waals surface area (Å²) < 4.78 is 0. The van der Waals surface area contributed by atoms with E-state index in [2.05, 4.69) is 6.58 Å². The highest BCUT2D eigenvalue weighted by molar-refractivity contribution is 5.52. The van der Waals surface area contributed by atoms with Crippen molar-refractivity contribution >= 4 is 0 Å². The van der Waals surface area contributed by atoms with Crippen LogP contribution in [0.15, 0.2) is 24.3 Å². The Balaban J connectivity index is 1.50. The Morgan fingerprint density at radius 3 is 1.97 bits per heavy atom. The molecule has 0 amide bonds. The van der Waals surface area contributed by atoms with E-state index in [4.69, 9.17) is 0 Å². The van der Waals surface area contributed by atoms with E-state index in [1.54, 1.807) is 0 Å². The zero-order chi connectivity index (χ0) is 21.0. The second-order valence-corrected chi connectivity index (χ2v) is 11.0. The first-order chi connectivity index (χ1) is 14.4. The van der Waals surface area contributed by atoms with Crippen LogP contribution in [-0.4, -0.2) is 33.6 Å². The van der Waals surface area contributed by atoms with Crippen molar-refractivity contribution in [3.63, 3.8) is 0 Å². The molecule has 0 spiro atoms. The van der Waals surface area contributed by atoms with Crippen LogP contribution in [0.1, 0.15) is 74.8 Å². The molecule has 0 radical (unpaired) electrons. The van der Waals surface area contributed by atoms with Crippen molar-refractivity contribution in [2.75, 3.05) is 13.2 Å². The molecule has 0 aromatic heterocycles. The Bertz CT molecular complexity index is 770. The molecule has 0 unspecified atom stereocenters. The summed E-state index contributed by atoms with van der Waals surface area (Å²) in [7, 11) is 0. The zero-order valence-corrected chi connectivity index (χ0v) is 17.9. The van der Waals surface area contributed by atoms with Crippen LogP contribution >= 0.6 is 0 Å². The van der Waals surface area contributed by atoms with Crippen LogP contribution < -0.4 is 0 Å². The molecule has 5 aliphatic rings. The van der Waals surface area contributed by atoms with Crippen molar-refractivity contribution in [2.45, 2.75) is 69.1 Å². The molecule has 0 saturated heterocycles. The van der Waals surface area contributed by atoms with Crippen LogP contribution in [0.3, 0.4) is 0 Å². The molecule has 0 heterocycles. The summed E-state index contributed by atoms with van der Waals surface area (Å²) in [6.07, 6.45) is 10.1. The largest absolute Gasteiger partial charge is 0.508 e. The van der Waals surface area contributed by atoms with Crippen LogP contribution in [0.5, 0.6) is 11.5 Å². The molecule has 5 aliphatic carbocycles. The molecule has 5 fully saturated rings. The quantitative estimate of drug-likeness (QED) is 0.533. The van der Waals surface area contributed by atoms with E-state index in [9.17, 15) is 20.4 Å². The molecule has 6 rings (SSSR count). The number of phenolic OH excluding ortho intramolecular Hbond substituents is 2. The van der Waals surface area contributed by atoms with Gasteiger partial charge >= 0.3 is 0 Å². The molecular weight excluding hydrogens is 376 g/mol. The summed E-state index contributed by atoms with van der Waals surface area (Å²) >= 11 is 0. The van der Waals surface area contributed by atoms with Gasteiger partial charge in [-0.3, -0.25) is 0 Å². The van der Waals surface area contributed by atoms with Gasteiger partial charge in [-0.05, 0) is 122 Å². The first-order valence-electron chi connectivity index (χ1n) is 11.9. The van der Waals surface area contributed by atoms with Crippen molar-refractivity contribution in [1.82, 2.24) is 0 Å². The van der Waals surface area contributed by atoms with E-state index >= 15 is 0 Å². The topological polar surface area (TPSA) is 80.9 Å². The third-order valence-corrected chi connectivity index (χ3v) is 9.10. The molecule has 4 nitrogen and oxygen atoms in total. The Hall–Kier alpha value is -1.52. The van der Waals surface area contributed by atoms with Crippen molar-refractivity contribution in [1.29, 1.82) is 0 Å². The zero-order valence-electron chi connectivity index (χ0n) is 17.9. The summed E-state index contributed by atoms with van der Waals surface area (Å²) in [5.74, 6) is 2.82. The number of hydrogen-bond donors (Lipinski definition) is 4. The van der Waals surface area contributed by atoms with Gasteiger partial charge in [0.2, 0.25) is 0 Å². The van der Waals surface area contributed by atoms with Crippen molar-refractivity contribution in [2.24, 2.45) is 29.6 Å². The van der Waals surface area contributed by atoms with E-state index in [-0.39, 0.29) is 47.9 Å². The smallest absolute Gasteiger partial charge is 0.123 e. The highest BCUT2D eigenvalue weighted by atomic mass is 16.3. The summed E-state index contributed by atoms with van der Waals surface area (Å²) in [5, 5.41) is 41.7. The molecule has 30 heavy (non-hydrogen) atoms. The number of aliphatic hydroxyl groups excluding tert-OH is 2. The normalized spacial score (nSPS) is 39.9. The summed E-state index contributed by atoms with van der Waals surface area (Å²) in [4.78, 5) is 0. The standard InChI is InChI=1S/C26H36O4/c1-15(13-27)21-3-2-16(14-28)7-22(21)25-23(29)8-20(9-24(25)30)26-10-17-4-18(11-26)6-19(5-17)12-26/h8-9,16-19,21-22,27-30H,1-7,10-14H2/t16-,17?,18?,19?,21+,22-,26?/m1/s1. The van der Waals surface area contributed by atoms with Crippen molar-refractivity contribution in [3.8, 4) is 11.5 Å². The monoisotopic (exact) mass is 412 g/mol. The number of phenols is 2. The molecule has 0 aliphatic heterocycles. The van der Waals surface area contributed by atoms with Crippen LogP contribution in [0.25, 0.3) is 0 Å². The van der Waals surface area contributed by atoms with E-state index in [0.717, 1.165) is 41.7 Å². The molecule has 3 atom stereocenters. The van der Waals surface area contributed by atoms with E-state index in [0.29, 0.717) is 12.0 Å². The first-order valence-corrected chi connectivity index (χ1v) is 11.9. The van der Waals surface area contributed by atoms with Gasteiger partial charge < -0.3 is 20.4 Å². The predicted octanol–water partition coefficient (Wildman–Crippen LogP) is 4.61. The lowest BCUT2D eigenvalue weighted by Gasteiger charge is -2.57. The lowest BCUT2D eigenvalue weighted by atomic mass is 9.48. The second kappa shape index (κ2) is 7.56. The SMILES string of the molecule is C=C(CO)[C@@H]1CC[C@@H](CO)C[C@H]1c1c(O)cc(C23CC4CC(CC(C4)C2)C3)cc1O. The minimum absolute atomic E-state index is 0.0139. The van der Waals surface area contributed by atoms with Gasteiger partial charge in [0.15, 0.2) is 0 Å². The fourth-order valence-electron chi connectivity index (χ4n) is 8.12. The number of hydrogen-bond acceptors (Lipinski definition) is 4. The number of benzene rings is 1. The predicted molar refractivity (Wildman–Crippen MR) is 117 cm³/mol. The third-order valence-electron chi connectivity index (χ3n) is 9.10. The van der Waals surface area contributed by atoms with Crippen molar-refractivity contribution < 1.29 is 20.4 Å². The molecule has 164 valence electrons. The number of aromatic hydroxyl groups is 2. The average Bonchev–Trinajstić information content (AvgIpc) is 2.71. The molecule has 4 heteroatoms. The van der Waals surface area contributed by atoms with E-state index in [1.165, 1.54) is 38.5 Å². The third kappa shape index (κ3) is 3.27. The fourth-order valence-corrected chi connectivity index (χ4v) is 8.12. The van der Waals surface area contributed by atoms with Gasteiger partial charge in [-0.25, -0.2) is 0 Å². The minimum Gasteiger partial charge on any atom is -0.508 e. The molecule has 1 aromatic carbocycles. The molecule has 1 aromatic rings. The van der Waals surface area contributed by atoms with Gasteiger partial charge in [0.05, 0.1) is 6.61 Å². The lowest BCUT2D eigenvalue weighted by Crippen LogP contribution is -2.48. The lowest BCUT2D eigenvalue weighted by molar-refractivity contribution is -0.00538. The van der Waals surface area contributed by atoms with E-state index in [1.807, 2.05) is 12.1 Å². The molecule has 5 saturated carbocycles. The Morgan fingerprint density at radius 1 is 0.900 bits per heavy atom. The van der Waals surface area contributed by atoms with Gasteiger partial charge in [-0.15, -0.1) is 0 Å². The number of aliphatic hydroxyl groups is 2. The Labute approximate surface area is 179 Å². The first kappa shape index (κ1) is 20.4. The maximum absolute atomic E-state index is 11.1. The summed E-state index contributed by atoms with van der Waals surface area (Å²) in [6, 6.07) is 3.87.